The Labute approximate surface area is 200 Å². The van der Waals surface area contributed by atoms with Gasteiger partial charge < -0.3 is 14.7 Å². The fourth-order valence-corrected chi connectivity index (χ4v) is 6.00. The molecule has 0 spiro atoms. The zero-order valence-electron chi connectivity index (χ0n) is 17.2. The Balaban J connectivity index is 1.59. The molecule has 2 atom stereocenters. The summed E-state index contributed by atoms with van der Waals surface area (Å²) in [5, 5.41) is 19.6. The van der Waals surface area contributed by atoms with Crippen LogP contribution in [0.2, 0.25) is 0 Å². The van der Waals surface area contributed by atoms with Gasteiger partial charge in [0.2, 0.25) is 5.91 Å². The zero-order chi connectivity index (χ0) is 24.2. The highest BCUT2D eigenvalue weighted by Gasteiger charge is 2.49. The summed E-state index contributed by atoms with van der Waals surface area (Å²) in [4.78, 5) is 40.1. The van der Waals surface area contributed by atoms with Crippen LogP contribution in [0.25, 0.3) is 0 Å². The average molecular weight is 502 g/mol. The number of carboxylic acid groups (broad SMARTS) is 1. The van der Waals surface area contributed by atoms with Gasteiger partial charge in [-0.25, -0.2) is 14.2 Å². The van der Waals surface area contributed by atoms with Gasteiger partial charge in [0.15, 0.2) is 11.6 Å². The predicted molar refractivity (Wildman–Crippen MR) is 124 cm³/mol. The minimum atomic E-state index is -1.10. The first kappa shape index (κ1) is 23.5. The molecular weight excluding hydrogens is 485 g/mol. The number of aliphatic carboxylic acids is 1. The summed E-state index contributed by atoms with van der Waals surface area (Å²) in [5.74, 6) is -1.42. The number of aromatic nitrogens is 1. The third kappa shape index (κ3) is 4.97. The lowest BCUT2D eigenvalue weighted by molar-refractivity contribution is -0.388. The second-order valence-electron chi connectivity index (χ2n) is 7.07. The van der Waals surface area contributed by atoms with Gasteiger partial charge in [-0.05, 0) is 58.8 Å². The van der Waals surface area contributed by atoms with Crippen molar-refractivity contribution in [1.82, 2.24) is 4.98 Å². The Hall–Kier alpha value is -3.64. The van der Waals surface area contributed by atoms with Crippen LogP contribution in [0.4, 0.5) is 15.8 Å². The van der Waals surface area contributed by atoms with Crippen molar-refractivity contribution in [2.75, 3.05) is 11.5 Å². The van der Waals surface area contributed by atoms with Crippen LogP contribution in [0.5, 0.6) is 5.75 Å². The molecule has 3 aromatic rings. The molecule has 2 heterocycles. The van der Waals surface area contributed by atoms with Crippen LogP contribution in [-0.2, 0) is 9.59 Å². The number of carbonyl (C=O) groups excluding carboxylic acids is 1. The molecule has 9 nitrogen and oxygen atoms in total. The largest absolute Gasteiger partial charge is 0.482 e. The molecular formula is C22H16FN3O6S2. The molecule has 1 saturated heterocycles. The molecule has 1 aliphatic heterocycles. The number of amides is 1. The number of halogens is 1. The molecule has 0 bridgehead atoms. The summed E-state index contributed by atoms with van der Waals surface area (Å²) >= 11 is 0. The first-order valence-electron chi connectivity index (χ1n) is 9.81. The Morgan fingerprint density at radius 1 is 1.18 bits per heavy atom. The number of hydrogen-bond donors (Lipinski definition) is 1. The molecule has 0 radical (unpaired) electrons. The van der Waals surface area contributed by atoms with E-state index in [-0.39, 0.29) is 16.6 Å². The monoisotopic (exact) mass is 501 g/mol. The van der Waals surface area contributed by atoms with E-state index in [0.717, 1.165) is 27.2 Å². The number of anilines is 1. The number of hydrogen-bond acceptors (Lipinski definition) is 8. The molecule has 2 aromatic carbocycles. The van der Waals surface area contributed by atoms with Crippen molar-refractivity contribution in [3.8, 4) is 5.75 Å². The molecule has 1 aromatic heterocycles. The van der Waals surface area contributed by atoms with Crippen LogP contribution < -0.4 is 9.64 Å². The highest BCUT2D eigenvalue weighted by molar-refractivity contribution is 8.77. The normalized spacial score (nSPS) is 17.2. The van der Waals surface area contributed by atoms with Crippen LogP contribution in [0, 0.1) is 15.9 Å². The number of β-lactam (4-membered cyclic amide) rings is 1. The number of pyridine rings is 1. The van der Waals surface area contributed by atoms with E-state index in [1.54, 1.807) is 24.3 Å². The highest BCUT2D eigenvalue weighted by Crippen LogP contribution is 2.51. The van der Waals surface area contributed by atoms with Gasteiger partial charge in [0, 0.05) is 18.0 Å². The number of carbonyl (C=O) groups is 2. The van der Waals surface area contributed by atoms with Crippen LogP contribution >= 0.6 is 21.6 Å². The van der Waals surface area contributed by atoms with Crippen molar-refractivity contribution in [3.63, 3.8) is 0 Å². The SMILES string of the molecule is O=C(O)COc1ccc(C2C(SSc3ncccc3[N+](=O)[O-])C(=O)N2c2ccc(F)cc2)cc1. The van der Waals surface area contributed by atoms with E-state index < -0.39 is 34.6 Å². The van der Waals surface area contributed by atoms with E-state index in [4.69, 9.17) is 9.84 Å². The average Bonchev–Trinajstić information content (AvgIpc) is 2.83. The number of nitrogens with zero attached hydrogens (tertiary/aromatic N) is 3. The van der Waals surface area contributed by atoms with E-state index in [1.807, 2.05) is 0 Å². The maximum absolute atomic E-state index is 13.4. The van der Waals surface area contributed by atoms with Gasteiger partial charge in [-0.3, -0.25) is 14.9 Å². The maximum atomic E-state index is 13.4. The molecule has 174 valence electrons. The van der Waals surface area contributed by atoms with E-state index in [1.165, 1.54) is 47.5 Å². The lowest BCUT2D eigenvalue weighted by Crippen LogP contribution is -2.57. The smallest absolute Gasteiger partial charge is 0.341 e. The van der Waals surface area contributed by atoms with Gasteiger partial charge in [0.25, 0.3) is 0 Å². The number of carboxylic acids is 1. The molecule has 1 amide bonds. The van der Waals surface area contributed by atoms with E-state index >= 15 is 0 Å². The first-order valence-corrected chi connectivity index (χ1v) is 12.0. The van der Waals surface area contributed by atoms with E-state index in [0.29, 0.717) is 11.4 Å². The van der Waals surface area contributed by atoms with Crippen LogP contribution in [0.3, 0.4) is 0 Å². The molecule has 1 aliphatic rings. The predicted octanol–water partition coefficient (Wildman–Crippen LogP) is 4.49. The van der Waals surface area contributed by atoms with Crippen molar-refractivity contribution in [3.05, 3.63) is 88.4 Å². The molecule has 4 rings (SSSR count). The van der Waals surface area contributed by atoms with Gasteiger partial charge in [-0.1, -0.05) is 22.9 Å². The second kappa shape index (κ2) is 10.1. The van der Waals surface area contributed by atoms with Crippen LogP contribution in [0.1, 0.15) is 11.6 Å². The van der Waals surface area contributed by atoms with Crippen molar-refractivity contribution in [2.45, 2.75) is 16.3 Å². The summed E-state index contributed by atoms with van der Waals surface area (Å²) in [7, 11) is 2.20. The van der Waals surface area contributed by atoms with Gasteiger partial charge >= 0.3 is 11.7 Å². The number of rotatable bonds is 9. The van der Waals surface area contributed by atoms with E-state index in [9.17, 15) is 24.1 Å². The summed E-state index contributed by atoms with van der Waals surface area (Å²) in [5.41, 5.74) is 1.09. The van der Waals surface area contributed by atoms with E-state index in [2.05, 4.69) is 4.98 Å². The maximum Gasteiger partial charge on any atom is 0.341 e. The quantitative estimate of drug-likeness (QED) is 0.195. The highest BCUT2D eigenvalue weighted by atomic mass is 33.1. The molecule has 1 fully saturated rings. The number of ether oxygens (including phenoxy) is 1. The van der Waals surface area contributed by atoms with Crippen molar-refractivity contribution in [1.29, 1.82) is 0 Å². The standard InChI is InChI=1S/C22H16FN3O6S2/c23-14-5-7-15(8-6-14)25-19(13-3-9-16(10-4-13)32-12-18(27)28)20(22(25)29)33-34-21-17(26(30)31)2-1-11-24-21/h1-11,19-20H,12H2,(H,27,28). The zero-order valence-corrected chi connectivity index (χ0v) is 18.9. The van der Waals surface area contributed by atoms with Crippen LogP contribution in [0.15, 0.2) is 71.9 Å². The number of benzene rings is 2. The molecule has 12 heteroatoms. The summed E-state index contributed by atoms with van der Waals surface area (Å²) < 4.78 is 18.6. The van der Waals surface area contributed by atoms with Gasteiger partial charge in [-0.2, -0.15) is 0 Å². The van der Waals surface area contributed by atoms with Crippen molar-refractivity contribution in [2.24, 2.45) is 0 Å². The van der Waals surface area contributed by atoms with Crippen LogP contribution in [-0.4, -0.2) is 38.7 Å². The summed E-state index contributed by atoms with van der Waals surface area (Å²) in [6.45, 7) is -0.485. The third-order valence-corrected chi connectivity index (χ3v) is 7.53. The fourth-order valence-electron chi connectivity index (χ4n) is 3.36. The molecule has 1 N–H and O–H groups in total. The molecule has 0 saturated carbocycles. The minimum absolute atomic E-state index is 0.154. The first-order chi connectivity index (χ1) is 16.3. The second-order valence-corrected chi connectivity index (χ2v) is 9.40. The Morgan fingerprint density at radius 3 is 2.53 bits per heavy atom. The lowest BCUT2D eigenvalue weighted by Gasteiger charge is -2.46. The summed E-state index contributed by atoms with van der Waals surface area (Å²) in [6, 6.07) is 14.5. The number of nitro groups is 1. The topological polar surface area (TPSA) is 123 Å². The fraction of sp³-hybridized carbons (Fsp3) is 0.136. The van der Waals surface area contributed by atoms with Gasteiger partial charge in [0.1, 0.15) is 16.8 Å². The van der Waals surface area contributed by atoms with Crippen molar-refractivity contribution < 1.29 is 28.7 Å². The Bertz CT molecular complexity index is 1230. The summed E-state index contributed by atoms with van der Waals surface area (Å²) in [6.07, 6.45) is 1.44. The van der Waals surface area contributed by atoms with Crippen molar-refractivity contribution >= 4 is 44.8 Å². The van der Waals surface area contributed by atoms with Gasteiger partial charge in [0.05, 0.1) is 11.0 Å². The lowest BCUT2D eigenvalue weighted by atomic mass is 9.92. The minimum Gasteiger partial charge on any atom is -0.482 e. The molecule has 34 heavy (non-hydrogen) atoms. The Kier molecular flexibility index (Phi) is 6.98. The third-order valence-electron chi connectivity index (χ3n) is 4.91. The molecule has 0 aliphatic carbocycles. The molecule has 2 unspecified atom stereocenters. The van der Waals surface area contributed by atoms with Gasteiger partial charge in [-0.15, -0.1) is 0 Å². The Morgan fingerprint density at radius 2 is 1.88 bits per heavy atom.